The number of nitrogens with one attached hydrogen (secondary N) is 1. The van der Waals surface area contributed by atoms with E-state index in [1.54, 1.807) is 6.07 Å². The molecular weight excluding hydrogens is 297 g/mol. The van der Waals surface area contributed by atoms with Crippen molar-refractivity contribution in [2.24, 2.45) is 5.92 Å². The van der Waals surface area contributed by atoms with Gasteiger partial charge in [0.1, 0.15) is 5.82 Å². The Balaban J connectivity index is 2.12. The Bertz CT molecular complexity index is 413. The van der Waals surface area contributed by atoms with Crippen LogP contribution in [0.3, 0.4) is 0 Å². The van der Waals surface area contributed by atoms with E-state index in [-0.39, 0.29) is 18.0 Å². The van der Waals surface area contributed by atoms with Crippen molar-refractivity contribution in [3.8, 4) is 0 Å². The molecule has 0 amide bonds. The van der Waals surface area contributed by atoms with Gasteiger partial charge in [0.15, 0.2) is 0 Å². The summed E-state index contributed by atoms with van der Waals surface area (Å²) in [6.45, 7) is 2.91. The van der Waals surface area contributed by atoms with Crippen LogP contribution < -0.4 is 5.32 Å². The third kappa shape index (κ3) is 3.11. The molecule has 1 aromatic rings. The molecule has 2 nitrogen and oxygen atoms in total. The van der Waals surface area contributed by atoms with Gasteiger partial charge in [-0.2, -0.15) is 0 Å². The maximum Gasteiger partial charge on any atom is 0.126 e. The second kappa shape index (κ2) is 6.13. The van der Waals surface area contributed by atoms with Crippen molar-refractivity contribution in [2.45, 2.75) is 31.9 Å². The van der Waals surface area contributed by atoms with Crippen LogP contribution in [0.15, 0.2) is 22.7 Å². The van der Waals surface area contributed by atoms with E-state index >= 15 is 0 Å². The molecule has 1 fully saturated rings. The Morgan fingerprint density at radius 1 is 1.56 bits per heavy atom. The minimum Gasteiger partial charge on any atom is -0.378 e. The quantitative estimate of drug-likeness (QED) is 0.921. The Labute approximate surface area is 116 Å². The molecule has 3 atom stereocenters. The summed E-state index contributed by atoms with van der Waals surface area (Å²) in [4.78, 5) is 0. The molecule has 18 heavy (non-hydrogen) atoms. The molecule has 1 saturated heterocycles. The van der Waals surface area contributed by atoms with Crippen LogP contribution in [-0.2, 0) is 11.2 Å². The van der Waals surface area contributed by atoms with E-state index in [9.17, 15) is 4.39 Å². The first kappa shape index (κ1) is 14.0. The van der Waals surface area contributed by atoms with Crippen molar-refractivity contribution in [3.05, 3.63) is 34.1 Å². The van der Waals surface area contributed by atoms with Gasteiger partial charge in [0, 0.05) is 23.0 Å². The highest BCUT2D eigenvalue weighted by Crippen LogP contribution is 2.27. The summed E-state index contributed by atoms with van der Waals surface area (Å²) >= 11 is 3.39. The summed E-state index contributed by atoms with van der Waals surface area (Å²) < 4.78 is 20.3. The van der Waals surface area contributed by atoms with Crippen molar-refractivity contribution < 1.29 is 9.13 Å². The molecule has 0 aromatic heterocycles. The fourth-order valence-electron chi connectivity index (χ4n) is 2.68. The van der Waals surface area contributed by atoms with E-state index in [2.05, 4.69) is 28.2 Å². The maximum absolute atomic E-state index is 13.8. The number of benzene rings is 1. The topological polar surface area (TPSA) is 21.3 Å². The van der Waals surface area contributed by atoms with Crippen LogP contribution in [0.5, 0.6) is 0 Å². The Morgan fingerprint density at radius 3 is 2.94 bits per heavy atom. The summed E-state index contributed by atoms with van der Waals surface area (Å²) in [5.41, 5.74) is 0.753. The van der Waals surface area contributed by atoms with Crippen molar-refractivity contribution >= 4 is 15.9 Å². The van der Waals surface area contributed by atoms with E-state index in [0.29, 0.717) is 12.3 Å². The summed E-state index contributed by atoms with van der Waals surface area (Å²) in [7, 11) is 1.94. The highest BCUT2D eigenvalue weighted by molar-refractivity contribution is 9.10. The zero-order valence-electron chi connectivity index (χ0n) is 10.7. The maximum atomic E-state index is 13.8. The number of likely N-dealkylation sites (N-methyl/N-ethyl adjacent to an activating group) is 1. The molecule has 100 valence electrons. The van der Waals surface area contributed by atoms with Gasteiger partial charge in [0.2, 0.25) is 0 Å². The summed E-state index contributed by atoms with van der Waals surface area (Å²) in [5, 5.41) is 3.31. The number of hydrogen-bond acceptors (Lipinski definition) is 2. The first-order chi connectivity index (χ1) is 8.61. The molecule has 4 heteroatoms. The van der Waals surface area contributed by atoms with E-state index in [1.807, 2.05) is 13.1 Å². The van der Waals surface area contributed by atoms with Gasteiger partial charge >= 0.3 is 0 Å². The largest absolute Gasteiger partial charge is 0.378 e. The average Bonchev–Trinajstić information content (AvgIpc) is 2.77. The summed E-state index contributed by atoms with van der Waals surface area (Å²) in [6, 6.07) is 5.36. The molecule has 2 rings (SSSR count). The predicted octanol–water partition coefficient (Wildman–Crippen LogP) is 3.14. The number of halogens is 2. The third-order valence-corrected chi connectivity index (χ3v) is 4.26. The zero-order valence-corrected chi connectivity index (χ0v) is 12.3. The van der Waals surface area contributed by atoms with Gasteiger partial charge in [-0.15, -0.1) is 0 Å². The highest BCUT2D eigenvalue weighted by Gasteiger charge is 2.31. The fourth-order valence-corrected chi connectivity index (χ4v) is 3.09. The predicted molar refractivity (Wildman–Crippen MR) is 74.2 cm³/mol. The molecule has 0 radical (unpaired) electrons. The minimum absolute atomic E-state index is 0.134. The van der Waals surface area contributed by atoms with Crippen molar-refractivity contribution in [3.63, 3.8) is 0 Å². The lowest BCUT2D eigenvalue weighted by Crippen LogP contribution is -2.39. The molecule has 0 spiro atoms. The lowest BCUT2D eigenvalue weighted by Gasteiger charge is -2.25. The molecule has 1 aliphatic heterocycles. The van der Waals surface area contributed by atoms with E-state index in [4.69, 9.17) is 4.74 Å². The Kier molecular flexibility index (Phi) is 4.76. The molecule has 1 aliphatic rings. The molecule has 0 aliphatic carbocycles. The van der Waals surface area contributed by atoms with Crippen molar-refractivity contribution in [1.82, 2.24) is 5.32 Å². The van der Waals surface area contributed by atoms with Crippen LogP contribution in [0.2, 0.25) is 0 Å². The second-order valence-corrected chi connectivity index (χ2v) is 5.78. The zero-order chi connectivity index (χ0) is 13.1. The Morgan fingerprint density at radius 2 is 2.33 bits per heavy atom. The standard InChI is InChI=1S/C14H19BrFNO/c1-9-12(5-6-18-9)14(17-2)8-10-7-11(15)3-4-13(10)16/h3-4,7,9,12,14,17H,5-6,8H2,1-2H3. The van der Waals surface area contributed by atoms with Crippen LogP contribution in [0.1, 0.15) is 18.9 Å². The monoisotopic (exact) mass is 315 g/mol. The summed E-state index contributed by atoms with van der Waals surface area (Å²) in [5.74, 6) is 0.318. The normalized spacial score (nSPS) is 25.3. The molecule has 3 unspecified atom stereocenters. The molecule has 0 saturated carbocycles. The van der Waals surface area contributed by atoms with Gasteiger partial charge in [-0.05, 0) is 50.6 Å². The van der Waals surface area contributed by atoms with Crippen LogP contribution >= 0.6 is 15.9 Å². The second-order valence-electron chi connectivity index (χ2n) is 4.86. The first-order valence-corrected chi connectivity index (χ1v) is 7.14. The molecule has 1 heterocycles. The lowest BCUT2D eigenvalue weighted by molar-refractivity contribution is 0.0962. The Hall–Kier alpha value is -0.450. The van der Waals surface area contributed by atoms with E-state index < -0.39 is 0 Å². The van der Waals surface area contributed by atoms with Crippen LogP contribution in [0.4, 0.5) is 4.39 Å². The highest BCUT2D eigenvalue weighted by atomic mass is 79.9. The molecule has 0 bridgehead atoms. The van der Waals surface area contributed by atoms with Crippen LogP contribution in [-0.4, -0.2) is 25.8 Å². The molecule has 1 N–H and O–H groups in total. The van der Waals surface area contributed by atoms with Gasteiger partial charge in [0.05, 0.1) is 6.10 Å². The SMILES string of the molecule is CNC(Cc1cc(Br)ccc1F)C1CCOC1C. The number of ether oxygens (including phenoxy) is 1. The van der Waals surface area contributed by atoms with Crippen LogP contribution in [0.25, 0.3) is 0 Å². The van der Waals surface area contributed by atoms with Gasteiger partial charge in [-0.1, -0.05) is 15.9 Å². The molecule has 1 aromatic carbocycles. The van der Waals surface area contributed by atoms with E-state index in [1.165, 1.54) is 6.07 Å². The number of hydrogen-bond donors (Lipinski definition) is 1. The smallest absolute Gasteiger partial charge is 0.126 e. The molecular formula is C14H19BrFNO. The van der Waals surface area contributed by atoms with Crippen molar-refractivity contribution in [2.75, 3.05) is 13.7 Å². The minimum atomic E-state index is -0.134. The van der Waals surface area contributed by atoms with Gasteiger partial charge in [0.25, 0.3) is 0 Å². The summed E-state index contributed by atoms with van der Waals surface area (Å²) in [6.07, 6.45) is 1.99. The fraction of sp³-hybridized carbons (Fsp3) is 0.571. The van der Waals surface area contributed by atoms with Crippen molar-refractivity contribution in [1.29, 1.82) is 0 Å². The van der Waals surface area contributed by atoms with Gasteiger partial charge in [-0.3, -0.25) is 0 Å². The van der Waals surface area contributed by atoms with E-state index in [0.717, 1.165) is 23.1 Å². The van der Waals surface area contributed by atoms with Gasteiger partial charge in [-0.25, -0.2) is 4.39 Å². The third-order valence-electron chi connectivity index (χ3n) is 3.77. The van der Waals surface area contributed by atoms with Gasteiger partial charge < -0.3 is 10.1 Å². The first-order valence-electron chi connectivity index (χ1n) is 6.34. The lowest BCUT2D eigenvalue weighted by atomic mass is 9.89. The average molecular weight is 316 g/mol. The van der Waals surface area contributed by atoms with Crippen LogP contribution in [0, 0.1) is 11.7 Å². The number of rotatable bonds is 4.